The molecule has 0 saturated carbocycles. The smallest absolute Gasteiger partial charge is 0.244 e. The molecule has 4 rings (SSSR count). The van der Waals surface area contributed by atoms with Crippen molar-refractivity contribution in [2.75, 3.05) is 20.6 Å². The Kier molecular flexibility index (Phi) is 6.57. The second kappa shape index (κ2) is 9.89. The zero-order valence-electron chi connectivity index (χ0n) is 18.1. The molecule has 1 aromatic carbocycles. The maximum absolute atomic E-state index is 12.6. The number of likely N-dealkylation sites (N-methyl/N-ethyl adjacent to an activating group) is 1. The molecule has 3 aromatic heterocycles. The van der Waals surface area contributed by atoms with Crippen molar-refractivity contribution in [1.82, 2.24) is 25.0 Å². The largest absolute Gasteiger partial charge is 0.468 e. The van der Waals surface area contributed by atoms with E-state index in [-0.39, 0.29) is 11.9 Å². The molecule has 1 amide bonds. The van der Waals surface area contributed by atoms with Gasteiger partial charge in [-0.1, -0.05) is 18.2 Å². The number of carbonyl (C=O) groups is 1. The van der Waals surface area contributed by atoms with Crippen LogP contribution in [-0.2, 0) is 4.79 Å². The van der Waals surface area contributed by atoms with Crippen LogP contribution in [0.25, 0.3) is 23.0 Å². The fraction of sp³-hybridized carbons (Fsp3) is 0.160. The number of nitrogens with zero attached hydrogens (tertiary/aromatic N) is 4. The van der Waals surface area contributed by atoms with E-state index in [1.54, 1.807) is 29.4 Å². The fourth-order valence-electron chi connectivity index (χ4n) is 3.39. The van der Waals surface area contributed by atoms with E-state index < -0.39 is 0 Å². The van der Waals surface area contributed by atoms with Crippen LogP contribution in [0, 0.1) is 0 Å². The Morgan fingerprint density at radius 1 is 1.16 bits per heavy atom. The second-order valence-electron chi connectivity index (χ2n) is 7.53. The molecule has 7 nitrogen and oxygen atoms in total. The van der Waals surface area contributed by atoms with E-state index in [0.29, 0.717) is 6.54 Å². The van der Waals surface area contributed by atoms with Crippen LogP contribution in [-0.4, -0.2) is 46.2 Å². The van der Waals surface area contributed by atoms with E-state index in [4.69, 9.17) is 9.52 Å². The van der Waals surface area contributed by atoms with Gasteiger partial charge in [0.15, 0.2) is 0 Å². The predicted molar refractivity (Wildman–Crippen MR) is 124 cm³/mol. The quantitative estimate of drug-likeness (QED) is 0.431. The number of amides is 1. The van der Waals surface area contributed by atoms with Gasteiger partial charge in [-0.05, 0) is 56.6 Å². The molecule has 7 heteroatoms. The summed E-state index contributed by atoms with van der Waals surface area (Å²) >= 11 is 0. The Hall–Kier alpha value is -3.97. The van der Waals surface area contributed by atoms with Crippen molar-refractivity contribution in [2.45, 2.75) is 6.04 Å². The standard InChI is InChI=1S/C25H25N5O2/c1-29(2)22(23-11-7-15-32-23)17-27-24(31)13-12-20-18-30(21-9-4-3-5-10-21)28-25(20)19-8-6-14-26-16-19/h3-16,18,22H,17H2,1-2H3,(H,27,31)/b13-12+. The van der Waals surface area contributed by atoms with Gasteiger partial charge in [0.05, 0.1) is 18.0 Å². The molecule has 3 heterocycles. The summed E-state index contributed by atoms with van der Waals surface area (Å²) in [6.45, 7) is 0.433. The summed E-state index contributed by atoms with van der Waals surface area (Å²) in [7, 11) is 3.90. The lowest BCUT2D eigenvalue weighted by Gasteiger charge is -2.22. The fourth-order valence-corrected chi connectivity index (χ4v) is 3.39. The van der Waals surface area contributed by atoms with Gasteiger partial charge in [-0.15, -0.1) is 0 Å². The number of rotatable bonds is 8. The molecule has 0 fully saturated rings. The van der Waals surface area contributed by atoms with Crippen molar-refractivity contribution in [3.8, 4) is 16.9 Å². The summed E-state index contributed by atoms with van der Waals surface area (Å²) in [6, 6.07) is 17.4. The van der Waals surface area contributed by atoms with Crippen LogP contribution in [0.5, 0.6) is 0 Å². The highest BCUT2D eigenvalue weighted by atomic mass is 16.3. The van der Waals surface area contributed by atoms with Crippen LogP contribution in [0.4, 0.5) is 0 Å². The van der Waals surface area contributed by atoms with E-state index in [9.17, 15) is 4.79 Å². The third-order valence-electron chi connectivity index (χ3n) is 5.08. The Morgan fingerprint density at radius 2 is 2.00 bits per heavy atom. The Morgan fingerprint density at radius 3 is 2.69 bits per heavy atom. The van der Waals surface area contributed by atoms with Crippen molar-refractivity contribution in [2.24, 2.45) is 0 Å². The van der Waals surface area contributed by atoms with Gasteiger partial charge < -0.3 is 9.73 Å². The zero-order valence-corrected chi connectivity index (χ0v) is 18.1. The van der Waals surface area contributed by atoms with Gasteiger partial charge in [0, 0.05) is 42.3 Å². The summed E-state index contributed by atoms with van der Waals surface area (Å²) < 4.78 is 7.30. The molecule has 162 valence electrons. The van der Waals surface area contributed by atoms with E-state index in [1.807, 2.05) is 79.8 Å². The third kappa shape index (κ3) is 5.01. The normalized spacial score (nSPS) is 12.3. The van der Waals surface area contributed by atoms with Gasteiger partial charge in [-0.3, -0.25) is 14.7 Å². The van der Waals surface area contributed by atoms with Crippen molar-refractivity contribution in [1.29, 1.82) is 0 Å². The van der Waals surface area contributed by atoms with Crippen molar-refractivity contribution in [3.05, 3.63) is 96.9 Å². The number of pyridine rings is 1. The van der Waals surface area contributed by atoms with Crippen molar-refractivity contribution < 1.29 is 9.21 Å². The van der Waals surface area contributed by atoms with Crippen molar-refractivity contribution >= 4 is 12.0 Å². The van der Waals surface area contributed by atoms with Gasteiger partial charge in [-0.25, -0.2) is 4.68 Å². The number of nitrogens with one attached hydrogen (secondary N) is 1. The molecule has 0 saturated heterocycles. The lowest BCUT2D eigenvalue weighted by atomic mass is 10.1. The van der Waals surface area contributed by atoms with E-state index >= 15 is 0 Å². The highest BCUT2D eigenvalue weighted by Gasteiger charge is 2.17. The molecular formula is C25H25N5O2. The second-order valence-corrected chi connectivity index (χ2v) is 7.53. The third-order valence-corrected chi connectivity index (χ3v) is 5.08. The summed E-state index contributed by atoms with van der Waals surface area (Å²) in [4.78, 5) is 18.8. The van der Waals surface area contributed by atoms with Crippen LogP contribution in [0.15, 0.2) is 89.9 Å². The molecule has 1 atom stereocenters. The maximum atomic E-state index is 12.6. The maximum Gasteiger partial charge on any atom is 0.244 e. The number of hydrogen-bond donors (Lipinski definition) is 1. The highest BCUT2D eigenvalue weighted by Crippen LogP contribution is 2.24. The van der Waals surface area contributed by atoms with E-state index in [2.05, 4.69) is 10.3 Å². The predicted octanol–water partition coefficient (Wildman–Crippen LogP) is 3.96. The first-order valence-electron chi connectivity index (χ1n) is 10.3. The lowest BCUT2D eigenvalue weighted by molar-refractivity contribution is -0.116. The minimum Gasteiger partial charge on any atom is -0.468 e. The van der Waals surface area contributed by atoms with Gasteiger partial charge in [0.1, 0.15) is 11.5 Å². The minimum atomic E-state index is -0.187. The average Bonchev–Trinajstić information content (AvgIpc) is 3.49. The van der Waals surface area contributed by atoms with E-state index in [0.717, 1.165) is 28.3 Å². The highest BCUT2D eigenvalue weighted by molar-refractivity contribution is 5.92. The summed E-state index contributed by atoms with van der Waals surface area (Å²) in [6.07, 6.45) is 10.3. The van der Waals surface area contributed by atoms with Gasteiger partial charge in [-0.2, -0.15) is 5.10 Å². The topological polar surface area (TPSA) is 76.2 Å². The van der Waals surface area contributed by atoms with Crippen LogP contribution in [0.1, 0.15) is 17.4 Å². The molecular weight excluding hydrogens is 402 g/mol. The number of hydrogen-bond acceptors (Lipinski definition) is 5. The summed E-state index contributed by atoms with van der Waals surface area (Å²) in [5.74, 6) is 0.621. The molecule has 0 spiro atoms. The van der Waals surface area contributed by atoms with Crippen LogP contribution >= 0.6 is 0 Å². The number of furan rings is 1. The van der Waals surface area contributed by atoms with E-state index in [1.165, 1.54) is 6.08 Å². The molecule has 4 aromatic rings. The van der Waals surface area contributed by atoms with Crippen molar-refractivity contribution in [3.63, 3.8) is 0 Å². The zero-order chi connectivity index (χ0) is 22.3. The summed E-state index contributed by atoms with van der Waals surface area (Å²) in [5, 5.41) is 7.69. The molecule has 1 N–H and O–H groups in total. The molecule has 0 aliphatic carbocycles. The molecule has 0 aliphatic heterocycles. The Labute approximate surface area is 187 Å². The lowest BCUT2D eigenvalue weighted by Crippen LogP contribution is -2.33. The van der Waals surface area contributed by atoms with Crippen LogP contribution < -0.4 is 5.32 Å². The Bertz CT molecular complexity index is 1170. The first kappa shape index (κ1) is 21.3. The first-order chi connectivity index (χ1) is 15.6. The molecule has 32 heavy (non-hydrogen) atoms. The molecule has 0 aliphatic rings. The molecule has 1 unspecified atom stereocenters. The van der Waals surface area contributed by atoms with Crippen LogP contribution in [0.3, 0.4) is 0 Å². The number of carbonyl (C=O) groups excluding carboxylic acids is 1. The number of aromatic nitrogens is 3. The monoisotopic (exact) mass is 427 g/mol. The average molecular weight is 428 g/mol. The van der Waals surface area contributed by atoms with Gasteiger partial charge >= 0.3 is 0 Å². The van der Waals surface area contributed by atoms with Gasteiger partial charge in [0.25, 0.3) is 0 Å². The molecule has 0 bridgehead atoms. The van der Waals surface area contributed by atoms with Gasteiger partial charge in [0.2, 0.25) is 5.91 Å². The number of para-hydroxylation sites is 1. The SMILES string of the molecule is CN(C)C(CNC(=O)/C=C/c1cn(-c2ccccc2)nc1-c1cccnc1)c1ccco1. The minimum absolute atomic E-state index is 0.0471. The number of benzene rings is 1. The van der Waals surface area contributed by atoms with Crippen LogP contribution in [0.2, 0.25) is 0 Å². The first-order valence-corrected chi connectivity index (χ1v) is 10.3. The Balaban J connectivity index is 1.53. The summed E-state index contributed by atoms with van der Waals surface area (Å²) in [5.41, 5.74) is 3.40. The molecule has 0 radical (unpaired) electrons.